The Hall–Kier alpha value is -1.69. The molecule has 90 valence electrons. The summed E-state index contributed by atoms with van der Waals surface area (Å²) < 4.78 is 13.1. The number of hydrogen-bond donors (Lipinski definition) is 1. The van der Waals surface area contributed by atoms with Gasteiger partial charge in [-0.25, -0.2) is 9.78 Å². The quantitative estimate of drug-likeness (QED) is 0.644. The van der Waals surface area contributed by atoms with E-state index in [-0.39, 0.29) is 30.3 Å². The Morgan fingerprint density at radius 3 is 2.94 bits per heavy atom. The van der Waals surface area contributed by atoms with Gasteiger partial charge in [-0.2, -0.15) is 4.39 Å². The minimum absolute atomic E-state index is 0.0267. The van der Waals surface area contributed by atoms with Crippen molar-refractivity contribution in [2.45, 2.75) is 12.3 Å². The number of hydrogen-bond acceptors (Lipinski definition) is 3. The summed E-state index contributed by atoms with van der Waals surface area (Å²) in [7, 11) is 0. The highest BCUT2D eigenvalue weighted by Gasteiger charge is 2.24. The molecule has 1 aromatic rings. The topological polar surface area (TPSA) is 62.3 Å². The number of pyridine rings is 1. The Morgan fingerprint density at radius 1 is 1.53 bits per heavy atom. The van der Waals surface area contributed by atoms with E-state index in [1.165, 1.54) is 17.2 Å². The number of carbonyl (C=O) groups excluding carboxylic acids is 2. The van der Waals surface area contributed by atoms with E-state index in [0.717, 1.165) is 0 Å². The van der Waals surface area contributed by atoms with Gasteiger partial charge in [0, 0.05) is 18.5 Å². The predicted molar refractivity (Wildman–Crippen MR) is 59.3 cm³/mol. The summed E-state index contributed by atoms with van der Waals surface area (Å²) in [6.45, 7) is 0.250. The molecule has 0 bridgehead atoms. The molecule has 0 saturated carbocycles. The molecule has 0 aliphatic carbocycles. The molecule has 17 heavy (non-hydrogen) atoms. The van der Waals surface area contributed by atoms with Crippen LogP contribution in [0.1, 0.15) is 12.0 Å². The first-order chi connectivity index (χ1) is 8.11. The van der Waals surface area contributed by atoms with Crippen LogP contribution >= 0.6 is 11.6 Å². The van der Waals surface area contributed by atoms with E-state index in [4.69, 9.17) is 11.6 Å². The maximum absolute atomic E-state index is 13.1. The molecule has 3 amide bonds. The van der Waals surface area contributed by atoms with Gasteiger partial charge < -0.3 is 0 Å². The fraction of sp³-hybridized carbons (Fsp3) is 0.300. The Balaban J connectivity index is 2.28. The predicted octanol–water partition coefficient (Wildman–Crippen LogP) is 1.41. The van der Waals surface area contributed by atoms with Crippen molar-refractivity contribution in [2.24, 2.45) is 0 Å². The van der Waals surface area contributed by atoms with Crippen molar-refractivity contribution in [1.29, 1.82) is 0 Å². The van der Waals surface area contributed by atoms with Crippen molar-refractivity contribution in [3.8, 4) is 0 Å². The van der Waals surface area contributed by atoms with Gasteiger partial charge in [0.15, 0.2) is 0 Å². The lowest BCUT2D eigenvalue weighted by Crippen LogP contribution is -2.49. The van der Waals surface area contributed by atoms with Crippen LogP contribution in [0.25, 0.3) is 0 Å². The summed E-state index contributed by atoms with van der Waals surface area (Å²) in [5.41, 5.74) is 0.640. The normalized spacial score (nSPS) is 16.0. The second kappa shape index (κ2) is 4.67. The molecule has 0 aromatic carbocycles. The van der Waals surface area contributed by atoms with E-state index < -0.39 is 12.0 Å². The number of alkyl halides is 1. The third-order valence-corrected chi connectivity index (χ3v) is 2.69. The van der Waals surface area contributed by atoms with Gasteiger partial charge in [-0.1, -0.05) is 0 Å². The average Bonchev–Trinajstić information content (AvgIpc) is 2.30. The zero-order valence-electron chi connectivity index (χ0n) is 8.74. The van der Waals surface area contributed by atoms with Crippen LogP contribution in [0.5, 0.6) is 0 Å². The lowest BCUT2D eigenvalue weighted by Gasteiger charge is -2.26. The van der Waals surface area contributed by atoms with Gasteiger partial charge in [-0.15, -0.1) is 11.6 Å². The van der Waals surface area contributed by atoms with Crippen molar-refractivity contribution < 1.29 is 14.0 Å². The largest absolute Gasteiger partial charge is 0.328 e. The molecule has 1 aliphatic rings. The monoisotopic (exact) mass is 257 g/mol. The van der Waals surface area contributed by atoms with Crippen LogP contribution in [0.2, 0.25) is 0 Å². The molecule has 1 saturated heterocycles. The molecule has 2 rings (SSSR count). The minimum Gasteiger partial charge on any atom is -0.292 e. The van der Waals surface area contributed by atoms with Crippen LogP contribution < -0.4 is 10.2 Å². The van der Waals surface area contributed by atoms with Gasteiger partial charge >= 0.3 is 6.03 Å². The van der Waals surface area contributed by atoms with Crippen LogP contribution in [0.4, 0.5) is 14.9 Å². The van der Waals surface area contributed by atoms with Crippen molar-refractivity contribution in [3.63, 3.8) is 0 Å². The molecule has 1 N–H and O–H groups in total. The molecule has 7 heteroatoms. The molecule has 1 aromatic heterocycles. The Bertz CT molecular complexity index is 481. The van der Waals surface area contributed by atoms with Gasteiger partial charge in [0.2, 0.25) is 11.9 Å². The number of carbonyl (C=O) groups is 2. The highest BCUT2D eigenvalue weighted by atomic mass is 35.5. The Kier molecular flexibility index (Phi) is 3.23. The first-order valence-corrected chi connectivity index (χ1v) is 5.47. The maximum Gasteiger partial charge on any atom is 0.328 e. The van der Waals surface area contributed by atoms with Crippen LogP contribution in [-0.4, -0.2) is 23.5 Å². The zero-order valence-corrected chi connectivity index (χ0v) is 9.50. The number of amides is 3. The van der Waals surface area contributed by atoms with E-state index in [9.17, 15) is 14.0 Å². The number of rotatable bonds is 2. The van der Waals surface area contributed by atoms with Gasteiger partial charge in [0.1, 0.15) is 0 Å². The zero-order chi connectivity index (χ0) is 12.4. The summed E-state index contributed by atoms with van der Waals surface area (Å²) in [4.78, 5) is 27.3. The maximum atomic E-state index is 13.1. The van der Waals surface area contributed by atoms with Crippen molar-refractivity contribution in [2.75, 3.05) is 11.4 Å². The molecule has 0 radical (unpaired) electrons. The number of anilines is 1. The molecule has 5 nitrogen and oxygen atoms in total. The van der Waals surface area contributed by atoms with Crippen molar-refractivity contribution in [3.05, 3.63) is 23.8 Å². The molecular weight excluding hydrogens is 249 g/mol. The fourth-order valence-electron chi connectivity index (χ4n) is 1.53. The molecular formula is C10H9ClFN3O2. The van der Waals surface area contributed by atoms with Crippen LogP contribution in [0, 0.1) is 5.95 Å². The van der Waals surface area contributed by atoms with E-state index in [2.05, 4.69) is 10.3 Å². The summed E-state index contributed by atoms with van der Waals surface area (Å²) >= 11 is 5.55. The molecule has 0 unspecified atom stereocenters. The molecule has 2 heterocycles. The Labute approximate surface area is 102 Å². The average molecular weight is 258 g/mol. The Morgan fingerprint density at radius 2 is 2.29 bits per heavy atom. The molecule has 1 fully saturated rings. The first-order valence-electron chi connectivity index (χ1n) is 4.93. The smallest absolute Gasteiger partial charge is 0.292 e. The number of nitrogens with one attached hydrogen (secondary N) is 1. The number of imide groups is 1. The summed E-state index contributed by atoms with van der Waals surface area (Å²) in [5.74, 6) is -1.00. The molecule has 0 spiro atoms. The van der Waals surface area contributed by atoms with E-state index in [1.54, 1.807) is 0 Å². The number of nitrogens with zero attached hydrogens (tertiary/aromatic N) is 2. The standard InChI is InChI=1S/C10H9ClFN3O2/c11-4-6-3-7(5-13-9(6)12)15-2-1-8(16)14-10(15)17/h3,5H,1-2,4H2,(H,14,16,17). The SMILES string of the molecule is O=C1CCN(c2cnc(F)c(CCl)c2)C(=O)N1. The highest BCUT2D eigenvalue weighted by Crippen LogP contribution is 2.20. The summed E-state index contributed by atoms with van der Waals surface area (Å²) in [5, 5.41) is 2.17. The van der Waals surface area contributed by atoms with Crippen LogP contribution in [0.3, 0.4) is 0 Å². The summed E-state index contributed by atoms with van der Waals surface area (Å²) in [6.07, 6.45) is 1.44. The van der Waals surface area contributed by atoms with E-state index in [0.29, 0.717) is 5.69 Å². The first kappa shape index (κ1) is 11.8. The summed E-state index contributed by atoms with van der Waals surface area (Å²) in [6, 6.07) is 0.917. The van der Waals surface area contributed by atoms with Crippen molar-refractivity contribution >= 4 is 29.2 Å². The van der Waals surface area contributed by atoms with E-state index in [1.807, 2.05) is 0 Å². The number of aromatic nitrogens is 1. The molecule has 0 atom stereocenters. The lowest BCUT2D eigenvalue weighted by atomic mass is 10.2. The van der Waals surface area contributed by atoms with Crippen molar-refractivity contribution in [1.82, 2.24) is 10.3 Å². The number of halogens is 2. The molecule has 1 aliphatic heterocycles. The van der Waals surface area contributed by atoms with E-state index >= 15 is 0 Å². The van der Waals surface area contributed by atoms with Gasteiger partial charge in [0.05, 0.1) is 17.8 Å². The third kappa shape index (κ3) is 2.36. The highest BCUT2D eigenvalue weighted by molar-refractivity contribution is 6.17. The van der Waals surface area contributed by atoms with Crippen LogP contribution in [-0.2, 0) is 10.7 Å². The number of urea groups is 1. The lowest BCUT2D eigenvalue weighted by molar-refractivity contribution is -0.120. The van der Waals surface area contributed by atoms with Gasteiger partial charge in [-0.3, -0.25) is 15.0 Å². The van der Waals surface area contributed by atoms with Gasteiger partial charge in [0.25, 0.3) is 0 Å². The van der Waals surface area contributed by atoms with Crippen LogP contribution in [0.15, 0.2) is 12.3 Å². The fourth-order valence-corrected chi connectivity index (χ4v) is 1.72. The second-order valence-corrected chi connectivity index (χ2v) is 3.80. The van der Waals surface area contributed by atoms with Gasteiger partial charge in [-0.05, 0) is 6.07 Å². The minimum atomic E-state index is -0.655. The third-order valence-electron chi connectivity index (χ3n) is 2.41. The second-order valence-electron chi connectivity index (χ2n) is 3.53.